The van der Waals surface area contributed by atoms with Gasteiger partial charge in [-0.25, -0.2) is 0 Å². The van der Waals surface area contributed by atoms with Crippen LogP contribution in [0.15, 0.2) is 52.5 Å². The largest absolute Gasteiger partial charge is 0.305 e. The molecular formula is C17H10ClN5S. The maximum absolute atomic E-state index is 9.27. The molecule has 3 rings (SSSR count). The van der Waals surface area contributed by atoms with Gasteiger partial charge < -0.3 is 4.57 Å². The fourth-order valence-electron chi connectivity index (χ4n) is 2.20. The molecule has 0 aliphatic rings. The fourth-order valence-corrected chi connectivity index (χ4v) is 3.35. The monoisotopic (exact) mass is 351 g/mol. The van der Waals surface area contributed by atoms with Crippen molar-refractivity contribution in [1.29, 1.82) is 10.5 Å². The van der Waals surface area contributed by atoms with Crippen molar-refractivity contribution in [2.75, 3.05) is 0 Å². The summed E-state index contributed by atoms with van der Waals surface area (Å²) in [5, 5.41) is 28.1. The first-order valence-corrected chi connectivity index (χ1v) is 8.10. The number of nitrogens with zero attached hydrogens (tertiary/aromatic N) is 5. The van der Waals surface area contributed by atoms with Gasteiger partial charge in [-0.05, 0) is 36.0 Å². The smallest absolute Gasteiger partial charge is 0.196 e. The van der Waals surface area contributed by atoms with Gasteiger partial charge in [0.25, 0.3) is 0 Å². The Balaban J connectivity index is 2.05. The predicted octanol–water partition coefficient (Wildman–Crippen LogP) is 4.03. The van der Waals surface area contributed by atoms with Crippen LogP contribution in [0.2, 0.25) is 5.02 Å². The van der Waals surface area contributed by atoms with Crippen molar-refractivity contribution in [3.63, 3.8) is 0 Å². The molecule has 3 aromatic rings. The molecule has 0 bridgehead atoms. The topological polar surface area (TPSA) is 78.3 Å². The number of aromatic nitrogens is 3. The average molecular weight is 352 g/mol. The van der Waals surface area contributed by atoms with E-state index in [0.29, 0.717) is 32.0 Å². The highest BCUT2D eigenvalue weighted by atomic mass is 35.5. The minimum Gasteiger partial charge on any atom is -0.305 e. The Morgan fingerprint density at radius 1 is 1.00 bits per heavy atom. The summed E-state index contributed by atoms with van der Waals surface area (Å²) in [6, 6.07) is 16.6. The van der Waals surface area contributed by atoms with Crippen LogP contribution < -0.4 is 0 Å². The second-order valence-electron chi connectivity index (χ2n) is 4.85. The summed E-state index contributed by atoms with van der Waals surface area (Å²) in [7, 11) is 1.82. The molecule has 116 valence electrons. The van der Waals surface area contributed by atoms with Crippen LogP contribution in [0.3, 0.4) is 0 Å². The van der Waals surface area contributed by atoms with Gasteiger partial charge in [0.1, 0.15) is 12.1 Å². The van der Waals surface area contributed by atoms with E-state index in [-0.39, 0.29) is 0 Å². The molecule has 0 radical (unpaired) electrons. The van der Waals surface area contributed by atoms with Gasteiger partial charge in [0, 0.05) is 12.6 Å². The van der Waals surface area contributed by atoms with Gasteiger partial charge in [0.2, 0.25) is 0 Å². The first-order chi connectivity index (χ1) is 11.7. The maximum atomic E-state index is 9.27. The van der Waals surface area contributed by atoms with E-state index in [9.17, 15) is 10.5 Å². The van der Waals surface area contributed by atoms with Crippen LogP contribution in [-0.4, -0.2) is 14.8 Å². The lowest BCUT2D eigenvalue weighted by molar-refractivity contribution is 0.794. The Morgan fingerprint density at radius 3 is 2.29 bits per heavy atom. The van der Waals surface area contributed by atoms with Crippen LogP contribution in [0.25, 0.3) is 11.4 Å². The van der Waals surface area contributed by atoms with Crippen molar-refractivity contribution in [2.45, 2.75) is 10.1 Å². The van der Waals surface area contributed by atoms with Crippen LogP contribution in [0.4, 0.5) is 0 Å². The van der Waals surface area contributed by atoms with Crippen molar-refractivity contribution < 1.29 is 0 Å². The van der Waals surface area contributed by atoms with Gasteiger partial charge in [-0.2, -0.15) is 10.5 Å². The Morgan fingerprint density at radius 2 is 1.67 bits per heavy atom. The normalized spacial score (nSPS) is 10.2. The van der Waals surface area contributed by atoms with Crippen molar-refractivity contribution in [1.82, 2.24) is 14.8 Å². The molecule has 0 saturated heterocycles. The van der Waals surface area contributed by atoms with Gasteiger partial charge >= 0.3 is 0 Å². The van der Waals surface area contributed by atoms with Crippen LogP contribution in [-0.2, 0) is 7.05 Å². The number of halogens is 1. The minimum atomic E-state index is 0.432. The molecule has 0 aliphatic carbocycles. The Kier molecular flexibility index (Phi) is 4.52. The molecule has 2 aromatic carbocycles. The molecule has 0 atom stereocenters. The molecule has 1 heterocycles. The molecule has 0 saturated carbocycles. The lowest BCUT2D eigenvalue weighted by Crippen LogP contribution is -1.96. The third-order valence-electron chi connectivity index (χ3n) is 3.40. The second-order valence-corrected chi connectivity index (χ2v) is 6.24. The summed E-state index contributed by atoms with van der Waals surface area (Å²) in [4.78, 5) is 0.573. The summed E-state index contributed by atoms with van der Waals surface area (Å²) in [6.45, 7) is 0. The second kappa shape index (κ2) is 6.76. The number of benzene rings is 2. The zero-order valence-electron chi connectivity index (χ0n) is 12.6. The Labute approximate surface area is 148 Å². The molecule has 1 aromatic heterocycles. The van der Waals surface area contributed by atoms with Crippen LogP contribution in [0, 0.1) is 22.7 Å². The Bertz CT molecular complexity index is 965. The van der Waals surface area contributed by atoms with E-state index in [2.05, 4.69) is 22.3 Å². The number of hydrogen-bond acceptors (Lipinski definition) is 5. The standard InChI is InChI=1S/C17H10ClN5S/c1-23-16(13-7-2-3-8-14(13)18)21-22-17(23)24-15-11(9-19)5-4-6-12(15)10-20/h2-8H,1H3. The van der Waals surface area contributed by atoms with Crippen LogP contribution >= 0.6 is 23.4 Å². The molecule has 0 aliphatic heterocycles. The highest BCUT2D eigenvalue weighted by Gasteiger charge is 2.17. The predicted molar refractivity (Wildman–Crippen MR) is 91.4 cm³/mol. The SMILES string of the molecule is Cn1c(Sc2c(C#N)cccc2C#N)nnc1-c1ccccc1Cl. The lowest BCUT2D eigenvalue weighted by atomic mass is 10.1. The minimum absolute atomic E-state index is 0.432. The van der Waals surface area contributed by atoms with Crippen molar-refractivity contribution in [3.8, 4) is 23.5 Å². The first kappa shape index (κ1) is 16.1. The van der Waals surface area contributed by atoms with Crippen molar-refractivity contribution in [2.24, 2.45) is 7.05 Å². The van der Waals surface area contributed by atoms with Gasteiger partial charge in [-0.3, -0.25) is 0 Å². The molecule has 24 heavy (non-hydrogen) atoms. The first-order valence-electron chi connectivity index (χ1n) is 6.91. The maximum Gasteiger partial charge on any atom is 0.196 e. The molecular weight excluding hydrogens is 342 g/mol. The van der Waals surface area contributed by atoms with Crippen LogP contribution in [0.5, 0.6) is 0 Å². The van der Waals surface area contributed by atoms with Crippen molar-refractivity contribution >= 4 is 23.4 Å². The van der Waals surface area contributed by atoms with E-state index < -0.39 is 0 Å². The van der Waals surface area contributed by atoms with E-state index in [0.717, 1.165) is 5.56 Å². The average Bonchev–Trinajstić information content (AvgIpc) is 2.96. The zero-order chi connectivity index (χ0) is 17.1. The summed E-state index contributed by atoms with van der Waals surface area (Å²) >= 11 is 7.46. The molecule has 5 nitrogen and oxygen atoms in total. The van der Waals surface area contributed by atoms with E-state index in [1.54, 1.807) is 28.8 Å². The van der Waals surface area contributed by atoms with Gasteiger partial charge in [-0.1, -0.05) is 29.8 Å². The molecule has 0 unspecified atom stereocenters. The summed E-state index contributed by atoms with van der Waals surface area (Å²) < 4.78 is 1.79. The lowest BCUT2D eigenvalue weighted by Gasteiger charge is -2.07. The third kappa shape index (κ3) is 2.85. The summed E-state index contributed by atoms with van der Waals surface area (Å²) in [5.74, 6) is 0.621. The van der Waals surface area contributed by atoms with E-state index in [4.69, 9.17) is 11.6 Å². The van der Waals surface area contributed by atoms with E-state index in [1.165, 1.54) is 11.8 Å². The Hall–Kier alpha value is -2.80. The molecule has 0 N–H and O–H groups in total. The van der Waals surface area contributed by atoms with Gasteiger partial charge in [-0.15, -0.1) is 10.2 Å². The fraction of sp³-hybridized carbons (Fsp3) is 0.0588. The number of hydrogen-bond donors (Lipinski definition) is 0. The number of rotatable bonds is 3. The molecule has 0 spiro atoms. The quantitative estimate of drug-likeness (QED) is 0.711. The summed E-state index contributed by atoms with van der Waals surface area (Å²) in [6.07, 6.45) is 0. The highest BCUT2D eigenvalue weighted by molar-refractivity contribution is 7.99. The van der Waals surface area contributed by atoms with Crippen molar-refractivity contribution in [3.05, 3.63) is 58.6 Å². The van der Waals surface area contributed by atoms with Crippen LogP contribution in [0.1, 0.15) is 11.1 Å². The zero-order valence-corrected chi connectivity index (χ0v) is 14.1. The van der Waals surface area contributed by atoms with Gasteiger partial charge in [0.15, 0.2) is 11.0 Å². The molecule has 0 amide bonds. The summed E-state index contributed by atoms with van der Waals surface area (Å²) in [5.41, 5.74) is 1.64. The molecule has 0 fully saturated rings. The van der Waals surface area contributed by atoms with E-state index in [1.807, 2.05) is 25.2 Å². The van der Waals surface area contributed by atoms with Gasteiger partial charge in [0.05, 0.1) is 21.0 Å². The highest BCUT2D eigenvalue weighted by Crippen LogP contribution is 2.34. The van der Waals surface area contributed by atoms with E-state index >= 15 is 0 Å². The number of nitriles is 2. The molecule has 7 heteroatoms. The third-order valence-corrected chi connectivity index (χ3v) is 4.91.